The minimum Gasteiger partial charge on any atom is -0.467 e. The maximum Gasteiger partial charge on any atom is 0.328 e. The van der Waals surface area contributed by atoms with Crippen LogP contribution >= 0.6 is 0 Å². The Morgan fingerprint density at radius 1 is 1.39 bits per heavy atom. The first-order chi connectivity index (χ1) is 8.45. The minimum atomic E-state index is -0.700. The van der Waals surface area contributed by atoms with Crippen molar-refractivity contribution in [3.63, 3.8) is 0 Å². The molecule has 5 heteroatoms. The number of methoxy groups -OCH3 is 1. The van der Waals surface area contributed by atoms with Crippen LogP contribution in [0.4, 0.5) is 0 Å². The van der Waals surface area contributed by atoms with Gasteiger partial charge in [0.05, 0.1) is 7.11 Å². The highest BCUT2D eigenvalue weighted by Gasteiger charge is 2.34. The van der Waals surface area contributed by atoms with Gasteiger partial charge in [-0.05, 0) is 18.8 Å². The molecule has 1 fully saturated rings. The van der Waals surface area contributed by atoms with Gasteiger partial charge >= 0.3 is 5.97 Å². The van der Waals surface area contributed by atoms with Crippen molar-refractivity contribution in [3.05, 3.63) is 0 Å². The standard InChI is InChI=1S/C13H21NO4/c1-8(2)12(16)14-11(13(17)18-3)9-5-4-6-10(15)7-9/h8-9,11H,4-7H2,1-3H3,(H,14,16)/t9-,11+/m1/s1. The van der Waals surface area contributed by atoms with Crippen molar-refractivity contribution in [3.8, 4) is 0 Å². The highest BCUT2D eigenvalue weighted by Crippen LogP contribution is 2.25. The second kappa shape index (κ2) is 6.52. The fourth-order valence-electron chi connectivity index (χ4n) is 2.16. The molecule has 0 heterocycles. The molecule has 0 aliphatic heterocycles. The summed E-state index contributed by atoms with van der Waals surface area (Å²) in [7, 11) is 1.29. The van der Waals surface area contributed by atoms with E-state index in [1.807, 2.05) is 0 Å². The van der Waals surface area contributed by atoms with Crippen molar-refractivity contribution in [1.82, 2.24) is 5.32 Å². The largest absolute Gasteiger partial charge is 0.467 e. The second-order valence-corrected chi connectivity index (χ2v) is 5.06. The van der Waals surface area contributed by atoms with Crippen LogP contribution < -0.4 is 5.32 Å². The Morgan fingerprint density at radius 3 is 2.56 bits per heavy atom. The Morgan fingerprint density at radius 2 is 2.06 bits per heavy atom. The Kier molecular flexibility index (Phi) is 5.31. The van der Waals surface area contributed by atoms with Gasteiger partial charge in [0.1, 0.15) is 11.8 Å². The number of nitrogens with one attached hydrogen (secondary N) is 1. The van der Waals surface area contributed by atoms with Gasteiger partial charge in [0.15, 0.2) is 0 Å². The first-order valence-electron chi connectivity index (χ1n) is 6.35. The second-order valence-electron chi connectivity index (χ2n) is 5.06. The smallest absolute Gasteiger partial charge is 0.328 e. The zero-order valence-corrected chi connectivity index (χ0v) is 11.2. The lowest BCUT2D eigenvalue weighted by Crippen LogP contribution is -2.49. The van der Waals surface area contributed by atoms with Crippen LogP contribution in [0.3, 0.4) is 0 Å². The van der Waals surface area contributed by atoms with Crippen LogP contribution in [-0.4, -0.2) is 30.8 Å². The molecule has 5 nitrogen and oxygen atoms in total. The Hall–Kier alpha value is -1.39. The van der Waals surface area contributed by atoms with Gasteiger partial charge < -0.3 is 10.1 Å². The number of Topliss-reactive ketones (excluding diaryl/α,β-unsaturated/α-hetero) is 1. The molecule has 0 aromatic heterocycles. The number of esters is 1. The average molecular weight is 255 g/mol. The predicted octanol–water partition coefficient (Wildman–Crippen LogP) is 1.06. The van der Waals surface area contributed by atoms with E-state index in [1.165, 1.54) is 7.11 Å². The fourth-order valence-corrected chi connectivity index (χ4v) is 2.16. The normalized spacial score (nSPS) is 21.6. The van der Waals surface area contributed by atoms with Crippen LogP contribution in [0.25, 0.3) is 0 Å². The summed E-state index contributed by atoms with van der Waals surface area (Å²) >= 11 is 0. The van der Waals surface area contributed by atoms with E-state index in [1.54, 1.807) is 13.8 Å². The number of amides is 1. The topological polar surface area (TPSA) is 72.5 Å². The van der Waals surface area contributed by atoms with E-state index in [0.717, 1.165) is 12.8 Å². The molecule has 18 heavy (non-hydrogen) atoms. The molecule has 102 valence electrons. The zero-order chi connectivity index (χ0) is 13.7. The summed E-state index contributed by atoms with van der Waals surface area (Å²) in [6.07, 6.45) is 2.46. The summed E-state index contributed by atoms with van der Waals surface area (Å²) in [5.74, 6) is -0.844. The van der Waals surface area contributed by atoms with Crippen LogP contribution in [0.2, 0.25) is 0 Å². The predicted molar refractivity (Wildman–Crippen MR) is 65.7 cm³/mol. The summed E-state index contributed by atoms with van der Waals surface area (Å²) in [6, 6.07) is -0.700. The molecule has 0 bridgehead atoms. The molecule has 1 rings (SSSR count). The Balaban J connectivity index is 2.74. The molecule has 0 radical (unpaired) electrons. The number of ketones is 1. The summed E-state index contributed by atoms with van der Waals surface area (Å²) in [5.41, 5.74) is 0. The molecule has 2 atom stereocenters. The van der Waals surface area contributed by atoms with E-state index < -0.39 is 12.0 Å². The van der Waals surface area contributed by atoms with E-state index in [-0.39, 0.29) is 23.5 Å². The van der Waals surface area contributed by atoms with Crippen molar-refractivity contribution in [2.45, 2.75) is 45.6 Å². The minimum absolute atomic E-state index is 0.138. The molecule has 1 saturated carbocycles. The average Bonchev–Trinajstić information content (AvgIpc) is 2.34. The maximum absolute atomic E-state index is 11.7. The van der Waals surface area contributed by atoms with Gasteiger partial charge in [-0.25, -0.2) is 4.79 Å². The molecular formula is C13H21NO4. The van der Waals surface area contributed by atoms with Crippen molar-refractivity contribution in [2.24, 2.45) is 11.8 Å². The molecular weight excluding hydrogens is 234 g/mol. The van der Waals surface area contributed by atoms with Crippen LogP contribution in [0.15, 0.2) is 0 Å². The summed E-state index contributed by atoms with van der Waals surface area (Å²) < 4.78 is 4.72. The van der Waals surface area contributed by atoms with Crippen LogP contribution in [0.5, 0.6) is 0 Å². The molecule has 0 aromatic rings. The monoisotopic (exact) mass is 255 g/mol. The third-order valence-corrected chi connectivity index (χ3v) is 3.27. The SMILES string of the molecule is COC(=O)[C@@H](NC(=O)C(C)C)[C@@H]1CCCC(=O)C1. The number of ether oxygens (including phenoxy) is 1. The molecule has 1 aliphatic carbocycles. The van der Waals surface area contributed by atoms with Crippen LogP contribution in [0.1, 0.15) is 39.5 Å². The van der Waals surface area contributed by atoms with E-state index in [2.05, 4.69) is 5.32 Å². The van der Waals surface area contributed by atoms with Crippen molar-refractivity contribution < 1.29 is 19.1 Å². The fraction of sp³-hybridized carbons (Fsp3) is 0.769. The van der Waals surface area contributed by atoms with Crippen molar-refractivity contribution >= 4 is 17.7 Å². The van der Waals surface area contributed by atoms with Crippen LogP contribution in [-0.2, 0) is 19.1 Å². The third kappa shape index (κ3) is 3.82. The summed E-state index contributed by atoms with van der Waals surface area (Å²) in [4.78, 5) is 34.9. The van der Waals surface area contributed by atoms with Gasteiger partial charge in [0.2, 0.25) is 5.91 Å². The quantitative estimate of drug-likeness (QED) is 0.762. The molecule has 1 amide bonds. The van der Waals surface area contributed by atoms with E-state index in [9.17, 15) is 14.4 Å². The summed E-state index contributed by atoms with van der Waals surface area (Å²) in [6.45, 7) is 3.52. The Bertz CT molecular complexity index is 338. The van der Waals surface area contributed by atoms with E-state index in [4.69, 9.17) is 4.74 Å². The van der Waals surface area contributed by atoms with Gasteiger partial charge in [-0.2, -0.15) is 0 Å². The number of hydrogen-bond acceptors (Lipinski definition) is 4. The number of carbonyl (C=O) groups excluding carboxylic acids is 3. The van der Waals surface area contributed by atoms with Crippen molar-refractivity contribution in [1.29, 1.82) is 0 Å². The van der Waals surface area contributed by atoms with Gasteiger partial charge in [-0.3, -0.25) is 9.59 Å². The first-order valence-corrected chi connectivity index (χ1v) is 6.35. The maximum atomic E-state index is 11.7. The highest BCUT2D eigenvalue weighted by molar-refractivity contribution is 5.87. The molecule has 1 N–H and O–H groups in total. The molecule has 0 aromatic carbocycles. The number of hydrogen-bond donors (Lipinski definition) is 1. The zero-order valence-electron chi connectivity index (χ0n) is 11.2. The molecule has 0 spiro atoms. The van der Waals surface area contributed by atoms with Gasteiger partial charge in [0, 0.05) is 18.8 Å². The third-order valence-electron chi connectivity index (χ3n) is 3.27. The number of carbonyl (C=O) groups is 3. The van der Waals surface area contributed by atoms with E-state index in [0.29, 0.717) is 12.8 Å². The highest BCUT2D eigenvalue weighted by atomic mass is 16.5. The van der Waals surface area contributed by atoms with E-state index >= 15 is 0 Å². The molecule has 1 aliphatic rings. The number of rotatable bonds is 4. The Labute approximate surface area is 107 Å². The lowest BCUT2D eigenvalue weighted by atomic mass is 9.83. The van der Waals surface area contributed by atoms with Gasteiger partial charge in [-0.15, -0.1) is 0 Å². The first kappa shape index (κ1) is 14.7. The van der Waals surface area contributed by atoms with Gasteiger partial charge in [0.25, 0.3) is 0 Å². The molecule has 0 saturated heterocycles. The lowest BCUT2D eigenvalue weighted by Gasteiger charge is -2.28. The van der Waals surface area contributed by atoms with Crippen LogP contribution in [0, 0.1) is 11.8 Å². The van der Waals surface area contributed by atoms with Gasteiger partial charge in [-0.1, -0.05) is 13.8 Å². The lowest BCUT2D eigenvalue weighted by molar-refractivity contribution is -0.147. The van der Waals surface area contributed by atoms with Crippen molar-refractivity contribution in [2.75, 3.05) is 7.11 Å². The molecule has 0 unspecified atom stereocenters. The summed E-state index contributed by atoms with van der Waals surface area (Å²) in [5, 5.41) is 2.69.